The minimum Gasteiger partial charge on any atom is -0.486 e. The molecule has 148 valence electrons. The summed E-state index contributed by atoms with van der Waals surface area (Å²) < 4.78 is 11.4. The molecular weight excluding hydrogens is 356 g/mol. The number of H-pyrrole nitrogens is 1. The second-order valence-electron chi connectivity index (χ2n) is 7.98. The Kier molecular flexibility index (Phi) is 4.47. The largest absolute Gasteiger partial charge is 0.486 e. The van der Waals surface area contributed by atoms with E-state index in [2.05, 4.69) is 33.0 Å². The molecule has 7 heteroatoms. The maximum Gasteiger partial charge on any atom is 0.272 e. The Bertz CT molecular complexity index is 886. The lowest BCUT2D eigenvalue weighted by Gasteiger charge is -2.31. The minimum atomic E-state index is -0.0926. The minimum absolute atomic E-state index is 0.0554. The highest BCUT2D eigenvalue weighted by Gasteiger charge is 2.37. The number of nitrogens with one attached hydrogen (secondary N) is 3. The molecule has 2 aliphatic heterocycles. The number of aromatic amines is 1. The van der Waals surface area contributed by atoms with Gasteiger partial charge >= 0.3 is 0 Å². The van der Waals surface area contributed by atoms with E-state index in [0.29, 0.717) is 32.0 Å². The molecule has 1 fully saturated rings. The van der Waals surface area contributed by atoms with Gasteiger partial charge in [-0.2, -0.15) is 5.10 Å². The second-order valence-corrected chi connectivity index (χ2v) is 7.98. The average Bonchev–Trinajstić information content (AvgIpc) is 3.40. The smallest absolute Gasteiger partial charge is 0.272 e. The molecule has 7 nitrogen and oxygen atoms in total. The molecule has 3 N–H and O–H groups in total. The third-order valence-corrected chi connectivity index (χ3v) is 6.32. The van der Waals surface area contributed by atoms with E-state index in [9.17, 15) is 4.79 Å². The molecule has 28 heavy (non-hydrogen) atoms. The van der Waals surface area contributed by atoms with Gasteiger partial charge < -0.3 is 20.1 Å². The number of amides is 1. The average molecular weight is 382 g/mol. The van der Waals surface area contributed by atoms with Crippen LogP contribution in [-0.4, -0.2) is 42.4 Å². The van der Waals surface area contributed by atoms with Crippen molar-refractivity contribution in [3.63, 3.8) is 0 Å². The van der Waals surface area contributed by atoms with Crippen molar-refractivity contribution in [1.82, 2.24) is 20.8 Å². The Labute approximate surface area is 164 Å². The van der Waals surface area contributed by atoms with Crippen molar-refractivity contribution in [2.75, 3.05) is 26.3 Å². The highest BCUT2D eigenvalue weighted by Crippen LogP contribution is 2.43. The van der Waals surface area contributed by atoms with Gasteiger partial charge in [-0.15, -0.1) is 0 Å². The van der Waals surface area contributed by atoms with Crippen molar-refractivity contribution in [3.8, 4) is 11.5 Å². The maximum absolute atomic E-state index is 12.9. The van der Waals surface area contributed by atoms with Gasteiger partial charge in [0.15, 0.2) is 17.2 Å². The van der Waals surface area contributed by atoms with Crippen LogP contribution in [0, 0.1) is 0 Å². The number of ether oxygens (including phenoxy) is 2. The molecule has 0 radical (unpaired) electrons. The molecule has 0 unspecified atom stereocenters. The number of benzene rings is 1. The molecule has 1 aromatic carbocycles. The van der Waals surface area contributed by atoms with Crippen molar-refractivity contribution in [1.29, 1.82) is 0 Å². The summed E-state index contributed by atoms with van der Waals surface area (Å²) in [5.74, 6) is 1.53. The van der Waals surface area contributed by atoms with Gasteiger partial charge in [0.1, 0.15) is 13.2 Å². The van der Waals surface area contributed by atoms with E-state index in [1.807, 2.05) is 6.07 Å². The summed E-state index contributed by atoms with van der Waals surface area (Å²) in [5, 5.41) is 13.8. The lowest BCUT2D eigenvalue weighted by Crippen LogP contribution is -2.39. The number of carbonyl (C=O) groups is 1. The molecule has 1 aromatic heterocycles. The first-order chi connectivity index (χ1) is 13.8. The van der Waals surface area contributed by atoms with Crippen molar-refractivity contribution in [2.45, 2.75) is 44.1 Å². The van der Waals surface area contributed by atoms with E-state index in [-0.39, 0.29) is 11.3 Å². The Morgan fingerprint density at radius 1 is 1.18 bits per heavy atom. The zero-order chi connectivity index (χ0) is 19.0. The molecule has 3 heterocycles. The Morgan fingerprint density at radius 2 is 2.00 bits per heavy atom. The van der Waals surface area contributed by atoms with Crippen LogP contribution in [0.1, 0.15) is 53.0 Å². The van der Waals surface area contributed by atoms with E-state index >= 15 is 0 Å². The summed E-state index contributed by atoms with van der Waals surface area (Å²) in [4.78, 5) is 12.9. The van der Waals surface area contributed by atoms with Crippen LogP contribution < -0.4 is 20.1 Å². The van der Waals surface area contributed by atoms with Gasteiger partial charge in [-0.05, 0) is 30.5 Å². The van der Waals surface area contributed by atoms with Crippen LogP contribution in [0.3, 0.4) is 0 Å². The summed E-state index contributed by atoms with van der Waals surface area (Å²) in [6.07, 6.45) is 5.36. The van der Waals surface area contributed by atoms with E-state index in [0.717, 1.165) is 48.6 Å². The molecule has 3 aliphatic rings. The highest BCUT2D eigenvalue weighted by atomic mass is 16.6. The van der Waals surface area contributed by atoms with Crippen molar-refractivity contribution in [3.05, 3.63) is 40.7 Å². The summed E-state index contributed by atoms with van der Waals surface area (Å²) >= 11 is 0. The van der Waals surface area contributed by atoms with E-state index in [4.69, 9.17) is 9.47 Å². The maximum atomic E-state index is 12.9. The standard InChI is InChI=1S/C21H26N4O3/c26-20(19-15-12-22-8-5-16(15)24-25-19)23-13-21(6-1-2-7-21)14-3-4-17-18(11-14)28-10-9-27-17/h3-4,11,22H,1-2,5-10,12-13H2,(H,23,26)(H,24,25). The molecule has 0 bridgehead atoms. The Morgan fingerprint density at radius 3 is 2.86 bits per heavy atom. The number of aromatic nitrogens is 2. The molecule has 1 amide bonds. The highest BCUT2D eigenvalue weighted by molar-refractivity contribution is 5.94. The summed E-state index contributed by atoms with van der Waals surface area (Å²) in [6, 6.07) is 6.24. The number of hydrogen-bond acceptors (Lipinski definition) is 5. The lowest BCUT2D eigenvalue weighted by atomic mass is 9.78. The molecular formula is C21H26N4O3. The quantitative estimate of drug-likeness (QED) is 0.753. The first kappa shape index (κ1) is 17.6. The first-order valence-electron chi connectivity index (χ1n) is 10.2. The molecule has 0 atom stereocenters. The van der Waals surface area contributed by atoms with Crippen LogP contribution in [0.5, 0.6) is 11.5 Å². The van der Waals surface area contributed by atoms with Crippen molar-refractivity contribution >= 4 is 5.91 Å². The third-order valence-electron chi connectivity index (χ3n) is 6.32. The van der Waals surface area contributed by atoms with Gasteiger partial charge in [-0.3, -0.25) is 9.89 Å². The Hall–Kier alpha value is -2.54. The fourth-order valence-corrected chi connectivity index (χ4v) is 4.74. The van der Waals surface area contributed by atoms with Gasteiger partial charge in [0.25, 0.3) is 5.91 Å². The second kappa shape index (κ2) is 7.13. The predicted octanol–water partition coefficient (Wildman–Crippen LogP) is 2.07. The monoisotopic (exact) mass is 382 g/mol. The van der Waals surface area contributed by atoms with Gasteiger partial charge in [0.2, 0.25) is 0 Å². The fraction of sp³-hybridized carbons (Fsp3) is 0.524. The predicted molar refractivity (Wildman–Crippen MR) is 104 cm³/mol. The Balaban J connectivity index is 1.36. The van der Waals surface area contributed by atoms with Gasteiger partial charge in [-0.1, -0.05) is 18.9 Å². The number of hydrogen-bond donors (Lipinski definition) is 3. The lowest BCUT2D eigenvalue weighted by molar-refractivity contribution is 0.0937. The van der Waals surface area contributed by atoms with Crippen LogP contribution in [0.2, 0.25) is 0 Å². The SMILES string of the molecule is O=C(NCC1(c2ccc3c(c2)OCCO3)CCCC1)c1n[nH]c2c1CNCC2. The van der Waals surface area contributed by atoms with E-state index in [1.165, 1.54) is 18.4 Å². The first-order valence-corrected chi connectivity index (χ1v) is 10.2. The van der Waals surface area contributed by atoms with Crippen molar-refractivity contribution < 1.29 is 14.3 Å². The number of fused-ring (bicyclic) bond motifs is 2. The van der Waals surface area contributed by atoms with Crippen LogP contribution >= 0.6 is 0 Å². The zero-order valence-corrected chi connectivity index (χ0v) is 16.0. The van der Waals surface area contributed by atoms with Gasteiger partial charge in [0, 0.05) is 42.7 Å². The number of carbonyl (C=O) groups excluding carboxylic acids is 1. The molecule has 1 saturated carbocycles. The van der Waals surface area contributed by atoms with Crippen LogP contribution in [0.15, 0.2) is 18.2 Å². The summed E-state index contributed by atoms with van der Waals surface area (Å²) in [5.41, 5.74) is 3.77. The molecule has 0 saturated heterocycles. The van der Waals surface area contributed by atoms with Crippen LogP contribution in [-0.2, 0) is 18.4 Å². The topological polar surface area (TPSA) is 88.3 Å². The molecule has 0 spiro atoms. The summed E-state index contributed by atoms with van der Waals surface area (Å²) in [6.45, 7) is 3.40. The number of rotatable bonds is 4. The van der Waals surface area contributed by atoms with E-state index < -0.39 is 0 Å². The zero-order valence-electron chi connectivity index (χ0n) is 16.0. The van der Waals surface area contributed by atoms with Crippen LogP contribution in [0.25, 0.3) is 0 Å². The van der Waals surface area contributed by atoms with Gasteiger partial charge in [0.05, 0.1) is 0 Å². The third kappa shape index (κ3) is 3.03. The molecule has 1 aliphatic carbocycles. The number of nitrogens with zero attached hydrogens (tertiary/aromatic N) is 1. The van der Waals surface area contributed by atoms with Gasteiger partial charge in [-0.25, -0.2) is 0 Å². The fourth-order valence-electron chi connectivity index (χ4n) is 4.74. The normalized spacial score (nSPS) is 19.9. The van der Waals surface area contributed by atoms with E-state index in [1.54, 1.807) is 0 Å². The summed E-state index contributed by atoms with van der Waals surface area (Å²) in [7, 11) is 0. The molecule has 2 aromatic rings. The molecule has 5 rings (SSSR count). The van der Waals surface area contributed by atoms with Crippen LogP contribution in [0.4, 0.5) is 0 Å². The van der Waals surface area contributed by atoms with Crippen molar-refractivity contribution in [2.24, 2.45) is 0 Å².